The number of hydrogen-bond acceptors (Lipinski definition) is 7. The predicted molar refractivity (Wildman–Crippen MR) is 132 cm³/mol. The van der Waals surface area contributed by atoms with Gasteiger partial charge in [0.15, 0.2) is 0 Å². The van der Waals surface area contributed by atoms with Crippen molar-refractivity contribution in [1.29, 1.82) is 0 Å². The summed E-state index contributed by atoms with van der Waals surface area (Å²) in [5.74, 6) is -0.189. The van der Waals surface area contributed by atoms with Gasteiger partial charge in [-0.15, -0.1) is 0 Å². The summed E-state index contributed by atoms with van der Waals surface area (Å²) in [7, 11) is 0. The van der Waals surface area contributed by atoms with Crippen LogP contribution in [0, 0.1) is 6.92 Å². The minimum atomic E-state index is -0.435. The first kappa shape index (κ1) is 23.8. The number of para-hydroxylation sites is 1. The fourth-order valence-electron chi connectivity index (χ4n) is 4.45. The van der Waals surface area contributed by atoms with Crippen LogP contribution in [0.5, 0.6) is 5.75 Å². The van der Waals surface area contributed by atoms with E-state index in [4.69, 9.17) is 9.15 Å². The average Bonchev–Trinajstić information content (AvgIpc) is 2.84. The van der Waals surface area contributed by atoms with Crippen LogP contribution < -0.4 is 10.5 Å². The molecule has 2 heterocycles. The molecule has 0 atom stereocenters. The van der Waals surface area contributed by atoms with Gasteiger partial charge in [0.2, 0.25) is 0 Å². The molecule has 3 aromatic rings. The van der Waals surface area contributed by atoms with Gasteiger partial charge >= 0.3 is 11.6 Å². The Labute approximate surface area is 199 Å². The van der Waals surface area contributed by atoms with Crippen LogP contribution in [0.2, 0.25) is 0 Å². The number of nitrogens with zero attached hydrogens (tertiary/aromatic N) is 2. The van der Waals surface area contributed by atoms with E-state index < -0.39 is 5.63 Å². The van der Waals surface area contributed by atoms with E-state index >= 15 is 0 Å². The van der Waals surface area contributed by atoms with Crippen LogP contribution in [0.25, 0.3) is 11.0 Å². The molecule has 0 radical (unpaired) electrons. The van der Waals surface area contributed by atoms with Crippen molar-refractivity contribution in [3.63, 3.8) is 0 Å². The molecule has 4 rings (SSSR count). The molecule has 34 heavy (non-hydrogen) atoms. The highest BCUT2D eigenvalue weighted by Crippen LogP contribution is 2.34. The van der Waals surface area contributed by atoms with Gasteiger partial charge in [-0.3, -0.25) is 9.69 Å². The number of rotatable bonds is 8. The Bertz CT molecular complexity index is 1200. The van der Waals surface area contributed by atoms with E-state index in [9.17, 15) is 14.7 Å². The van der Waals surface area contributed by atoms with Gasteiger partial charge in [0.05, 0.1) is 12.2 Å². The van der Waals surface area contributed by atoms with E-state index in [0.717, 1.165) is 43.5 Å². The van der Waals surface area contributed by atoms with E-state index in [1.165, 1.54) is 11.8 Å². The Balaban J connectivity index is 1.57. The summed E-state index contributed by atoms with van der Waals surface area (Å²) in [6.07, 6.45) is 1.31. The molecule has 0 spiro atoms. The van der Waals surface area contributed by atoms with Gasteiger partial charge in [0, 0.05) is 56.3 Å². The molecule has 7 heteroatoms. The molecule has 0 unspecified atom stereocenters. The highest BCUT2D eigenvalue weighted by atomic mass is 16.5. The fraction of sp³-hybridized carbons (Fsp3) is 0.407. The lowest BCUT2D eigenvalue weighted by Gasteiger charge is -2.36. The van der Waals surface area contributed by atoms with Crippen molar-refractivity contribution in [1.82, 2.24) is 4.90 Å². The maximum absolute atomic E-state index is 12.1. The Morgan fingerprint density at radius 2 is 1.85 bits per heavy atom. The van der Waals surface area contributed by atoms with E-state index in [1.54, 1.807) is 0 Å². The first-order valence-electron chi connectivity index (χ1n) is 11.9. The maximum Gasteiger partial charge on any atom is 0.336 e. The smallest absolute Gasteiger partial charge is 0.336 e. The van der Waals surface area contributed by atoms with Gasteiger partial charge in [0.1, 0.15) is 11.3 Å². The molecule has 1 fully saturated rings. The molecule has 0 saturated carbocycles. The predicted octanol–water partition coefficient (Wildman–Crippen LogP) is 4.02. The van der Waals surface area contributed by atoms with Gasteiger partial charge in [-0.2, -0.15) is 0 Å². The summed E-state index contributed by atoms with van der Waals surface area (Å²) in [6.45, 7) is 8.05. The standard InChI is InChI=1S/C27H32N2O5/c1-3-15-33-24(30)10-9-20-17-22-19(2)16-25(31)34-27(22)23(26(20)32)18-28-11-13-29(14-12-28)21-7-5-4-6-8-21/h4-8,16-17,32H,3,9-15,18H2,1-2H3. The summed E-state index contributed by atoms with van der Waals surface area (Å²) < 4.78 is 10.8. The van der Waals surface area contributed by atoms with Crippen LogP contribution in [0.1, 0.15) is 36.5 Å². The summed E-state index contributed by atoms with van der Waals surface area (Å²) in [5, 5.41) is 12.0. The molecule has 0 bridgehead atoms. The molecular weight excluding hydrogens is 432 g/mol. The second-order valence-corrected chi connectivity index (χ2v) is 8.81. The molecule has 180 valence electrons. The molecule has 0 aliphatic carbocycles. The van der Waals surface area contributed by atoms with Crippen molar-refractivity contribution < 1.29 is 19.1 Å². The van der Waals surface area contributed by atoms with Crippen LogP contribution in [-0.4, -0.2) is 48.8 Å². The summed E-state index contributed by atoms with van der Waals surface area (Å²) in [6, 6.07) is 13.6. The lowest BCUT2D eigenvalue weighted by atomic mass is 9.98. The van der Waals surface area contributed by atoms with Gasteiger partial charge in [0.25, 0.3) is 0 Å². The third-order valence-electron chi connectivity index (χ3n) is 6.33. The van der Waals surface area contributed by atoms with Gasteiger partial charge in [-0.1, -0.05) is 25.1 Å². The van der Waals surface area contributed by atoms with Crippen LogP contribution in [0.3, 0.4) is 0 Å². The molecular formula is C27H32N2O5. The van der Waals surface area contributed by atoms with Crippen LogP contribution in [-0.2, 0) is 22.5 Å². The van der Waals surface area contributed by atoms with Crippen molar-refractivity contribution in [3.8, 4) is 5.75 Å². The number of benzene rings is 2. The van der Waals surface area contributed by atoms with Crippen molar-refractivity contribution in [2.75, 3.05) is 37.7 Å². The molecule has 1 aliphatic rings. The lowest BCUT2D eigenvalue weighted by molar-refractivity contribution is -0.143. The Hall–Kier alpha value is -3.32. The second kappa shape index (κ2) is 10.7. The van der Waals surface area contributed by atoms with Gasteiger partial charge < -0.3 is 19.2 Å². The van der Waals surface area contributed by atoms with E-state index in [-0.39, 0.29) is 18.1 Å². The number of esters is 1. The van der Waals surface area contributed by atoms with Crippen LogP contribution in [0.4, 0.5) is 5.69 Å². The zero-order chi connectivity index (χ0) is 24.1. The Morgan fingerprint density at radius 3 is 2.56 bits per heavy atom. The van der Waals surface area contributed by atoms with Crippen molar-refractivity contribution >= 4 is 22.6 Å². The zero-order valence-electron chi connectivity index (χ0n) is 19.9. The second-order valence-electron chi connectivity index (χ2n) is 8.81. The average molecular weight is 465 g/mol. The van der Waals surface area contributed by atoms with Gasteiger partial charge in [-0.05, 0) is 49.1 Å². The first-order valence-corrected chi connectivity index (χ1v) is 11.9. The molecule has 7 nitrogen and oxygen atoms in total. The summed E-state index contributed by atoms with van der Waals surface area (Å²) in [5.41, 5.74) is 3.24. The third kappa shape index (κ3) is 5.42. The summed E-state index contributed by atoms with van der Waals surface area (Å²) in [4.78, 5) is 28.8. The number of phenols is 1. The normalized spacial score (nSPS) is 14.5. The summed E-state index contributed by atoms with van der Waals surface area (Å²) >= 11 is 0. The number of phenolic OH excluding ortho intramolecular Hbond substituents is 1. The van der Waals surface area contributed by atoms with E-state index in [2.05, 4.69) is 21.9 Å². The lowest BCUT2D eigenvalue weighted by Crippen LogP contribution is -2.46. The number of piperazine rings is 1. The number of hydrogen-bond donors (Lipinski definition) is 1. The molecule has 1 saturated heterocycles. The number of aromatic hydroxyl groups is 1. The molecule has 2 aromatic carbocycles. The molecule has 1 aromatic heterocycles. The number of ether oxygens (including phenoxy) is 1. The minimum absolute atomic E-state index is 0.0926. The maximum atomic E-state index is 12.1. The number of fused-ring (bicyclic) bond motifs is 1. The fourth-order valence-corrected chi connectivity index (χ4v) is 4.45. The first-order chi connectivity index (χ1) is 16.5. The number of anilines is 1. The molecule has 1 aliphatic heterocycles. The van der Waals surface area contributed by atoms with E-state index in [0.29, 0.717) is 36.3 Å². The number of aryl methyl sites for hydroxylation is 2. The number of carbonyl (C=O) groups is 1. The molecule has 0 amide bonds. The zero-order valence-corrected chi connectivity index (χ0v) is 19.9. The van der Waals surface area contributed by atoms with Crippen molar-refractivity contribution in [2.45, 2.75) is 39.7 Å². The monoisotopic (exact) mass is 464 g/mol. The van der Waals surface area contributed by atoms with Crippen molar-refractivity contribution in [3.05, 3.63) is 69.6 Å². The minimum Gasteiger partial charge on any atom is -0.507 e. The Kier molecular flexibility index (Phi) is 7.53. The quantitative estimate of drug-likeness (QED) is 0.398. The SMILES string of the molecule is CCCOC(=O)CCc1cc2c(C)cc(=O)oc2c(CN2CCN(c3ccccc3)CC2)c1O. The molecule has 1 N–H and O–H groups in total. The number of carbonyl (C=O) groups excluding carboxylic acids is 1. The van der Waals surface area contributed by atoms with E-state index in [1.807, 2.05) is 38.1 Å². The highest BCUT2D eigenvalue weighted by molar-refractivity contribution is 5.86. The van der Waals surface area contributed by atoms with Gasteiger partial charge in [-0.25, -0.2) is 4.79 Å². The largest absolute Gasteiger partial charge is 0.507 e. The van der Waals surface area contributed by atoms with Crippen LogP contribution in [0.15, 0.2) is 51.7 Å². The van der Waals surface area contributed by atoms with Crippen LogP contribution >= 0.6 is 0 Å². The Morgan fingerprint density at radius 1 is 1.12 bits per heavy atom. The van der Waals surface area contributed by atoms with Crippen molar-refractivity contribution in [2.24, 2.45) is 0 Å². The topological polar surface area (TPSA) is 83.2 Å². The third-order valence-corrected chi connectivity index (χ3v) is 6.33. The highest BCUT2D eigenvalue weighted by Gasteiger charge is 2.23.